The van der Waals surface area contributed by atoms with Crippen LogP contribution in [0.2, 0.25) is 0 Å². The van der Waals surface area contributed by atoms with Crippen molar-refractivity contribution in [2.45, 2.75) is 44.2 Å². The minimum Gasteiger partial charge on any atom is -0.382 e. The molecule has 4 nitrogen and oxygen atoms in total. The number of nitrogens with one attached hydrogen (secondary N) is 2. The van der Waals surface area contributed by atoms with Crippen LogP contribution < -0.4 is 10.6 Å². The van der Waals surface area contributed by atoms with Crippen molar-refractivity contribution in [3.05, 3.63) is 35.4 Å². The summed E-state index contributed by atoms with van der Waals surface area (Å²) in [5.74, 6) is 0.680. The Morgan fingerprint density at radius 2 is 1.96 bits per heavy atom. The van der Waals surface area contributed by atoms with Crippen molar-refractivity contribution in [3.63, 3.8) is 0 Å². The van der Waals surface area contributed by atoms with E-state index in [1.54, 1.807) is 13.1 Å². The summed E-state index contributed by atoms with van der Waals surface area (Å²) in [6, 6.07) is 5.67. The van der Waals surface area contributed by atoms with E-state index in [9.17, 15) is 13.2 Å². The van der Waals surface area contributed by atoms with E-state index in [0.29, 0.717) is 12.5 Å². The summed E-state index contributed by atoms with van der Waals surface area (Å²) < 4.78 is 44.1. The van der Waals surface area contributed by atoms with E-state index in [1.165, 1.54) is 12.1 Å². The molecule has 0 unspecified atom stereocenters. The van der Waals surface area contributed by atoms with Crippen LogP contribution in [0.1, 0.15) is 43.7 Å². The summed E-state index contributed by atoms with van der Waals surface area (Å²) in [6.07, 6.45) is -0.594. The first kappa shape index (κ1) is 24.0. The summed E-state index contributed by atoms with van der Waals surface area (Å²) in [7, 11) is 1.69. The summed E-state index contributed by atoms with van der Waals surface area (Å²) in [4.78, 5) is 4.19. The van der Waals surface area contributed by atoms with Crippen LogP contribution in [0.4, 0.5) is 13.2 Å². The van der Waals surface area contributed by atoms with E-state index in [-0.39, 0.29) is 29.4 Å². The van der Waals surface area contributed by atoms with Crippen molar-refractivity contribution in [1.29, 1.82) is 0 Å². The number of guanidine groups is 1. The second-order valence-electron chi connectivity index (χ2n) is 6.62. The van der Waals surface area contributed by atoms with Crippen molar-refractivity contribution in [2.75, 3.05) is 33.4 Å². The maximum absolute atomic E-state index is 12.9. The SMILES string of the molecule is CCOCCCCNC(=NC)NCC1(c2cccc(C(F)(F)F)c2)CC1.I. The summed E-state index contributed by atoms with van der Waals surface area (Å²) in [5, 5.41) is 6.49. The number of nitrogens with zero attached hydrogens (tertiary/aromatic N) is 1. The summed E-state index contributed by atoms with van der Waals surface area (Å²) in [5.41, 5.74) is -0.0709. The molecule has 0 radical (unpaired) electrons. The average Bonchev–Trinajstić information content (AvgIpc) is 3.41. The molecule has 0 heterocycles. The van der Waals surface area contributed by atoms with Gasteiger partial charge in [-0.3, -0.25) is 4.99 Å². The van der Waals surface area contributed by atoms with Gasteiger partial charge in [0.15, 0.2) is 5.96 Å². The van der Waals surface area contributed by atoms with Crippen molar-refractivity contribution in [2.24, 2.45) is 4.99 Å². The Kier molecular flexibility index (Phi) is 9.86. The molecule has 0 aliphatic heterocycles. The number of hydrogen-bond acceptors (Lipinski definition) is 2. The van der Waals surface area contributed by atoms with Gasteiger partial charge in [0.05, 0.1) is 5.56 Å². The van der Waals surface area contributed by atoms with Gasteiger partial charge in [-0.15, -0.1) is 24.0 Å². The number of unbranched alkanes of at least 4 members (excludes halogenated alkanes) is 1. The largest absolute Gasteiger partial charge is 0.416 e. The smallest absolute Gasteiger partial charge is 0.382 e. The highest BCUT2D eigenvalue weighted by atomic mass is 127. The third-order valence-electron chi connectivity index (χ3n) is 4.69. The second kappa shape index (κ2) is 11.1. The predicted octanol–water partition coefficient (Wildman–Crippen LogP) is 4.34. The molecular formula is C19H29F3IN3O. The highest BCUT2D eigenvalue weighted by Gasteiger charge is 2.45. The molecule has 0 spiro atoms. The molecule has 0 atom stereocenters. The normalized spacial score (nSPS) is 15.8. The lowest BCUT2D eigenvalue weighted by Crippen LogP contribution is -2.41. The van der Waals surface area contributed by atoms with Crippen molar-refractivity contribution >= 4 is 29.9 Å². The van der Waals surface area contributed by atoms with Crippen LogP contribution in [0.5, 0.6) is 0 Å². The van der Waals surface area contributed by atoms with E-state index in [0.717, 1.165) is 57.1 Å². The van der Waals surface area contributed by atoms with Crippen LogP contribution in [0, 0.1) is 0 Å². The Labute approximate surface area is 176 Å². The maximum Gasteiger partial charge on any atom is 0.416 e. The van der Waals surface area contributed by atoms with Crippen molar-refractivity contribution in [1.82, 2.24) is 10.6 Å². The van der Waals surface area contributed by atoms with E-state index in [4.69, 9.17) is 4.74 Å². The van der Waals surface area contributed by atoms with Gasteiger partial charge in [-0.25, -0.2) is 0 Å². The van der Waals surface area contributed by atoms with Gasteiger partial charge in [-0.2, -0.15) is 13.2 Å². The number of ether oxygens (including phenoxy) is 1. The number of hydrogen-bond donors (Lipinski definition) is 2. The lowest BCUT2D eigenvalue weighted by atomic mass is 9.94. The molecule has 0 saturated heterocycles. The quantitative estimate of drug-likeness (QED) is 0.230. The Bertz CT molecular complexity index is 604. The molecule has 8 heteroatoms. The molecule has 0 amide bonds. The fourth-order valence-electron chi connectivity index (χ4n) is 2.90. The maximum atomic E-state index is 12.9. The van der Waals surface area contributed by atoms with E-state index >= 15 is 0 Å². The van der Waals surface area contributed by atoms with Crippen LogP contribution in [0.3, 0.4) is 0 Å². The number of benzene rings is 1. The number of halogens is 4. The fraction of sp³-hybridized carbons (Fsp3) is 0.632. The molecule has 154 valence electrons. The molecule has 1 aromatic rings. The Morgan fingerprint density at radius 1 is 1.22 bits per heavy atom. The van der Waals surface area contributed by atoms with Gasteiger partial charge in [0.2, 0.25) is 0 Å². The molecule has 1 aromatic carbocycles. The number of rotatable bonds is 9. The fourth-order valence-corrected chi connectivity index (χ4v) is 2.90. The molecule has 0 aromatic heterocycles. The van der Waals surface area contributed by atoms with E-state index in [1.807, 2.05) is 6.92 Å². The first-order valence-electron chi connectivity index (χ1n) is 9.11. The molecule has 1 aliphatic rings. The first-order valence-corrected chi connectivity index (χ1v) is 9.11. The molecule has 0 bridgehead atoms. The lowest BCUT2D eigenvalue weighted by molar-refractivity contribution is -0.137. The van der Waals surface area contributed by atoms with Gasteiger partial charge in [-0.1, -0.05) is 18.2 Å². The first-order chi connectivity index (χ1) is 12.4. The summed E-state index contributed by atoms with van der Waals surface area (Å²) in [6.45, 7) is 4.81. The minimum atomic E-state index is -4.31. The predicted molar refractivity (Wildman–Crippen MR) is 113 cm³/mol. The number of alkyl halides is 3. The van der Waals surface area contributed by atoms with Gasteiger partial charge >= 0.3 is 6.18 Å². The third kappa shape index (κ3) is 7.48. The topological polar surface area (TPSA) is 45.6 Å². The van der Waals surface area contributed by atoms with Gasteiger partial charge in [0.25, 0.3) is 0 Å². The lowest BCUT2D eigenvalue weighted by Gasteiger charge is -2.20. The average molecular weight is 499 g/mol. The zero-order chi connectivity index (χ0) is 19.0. The zero-order valence-electron chi connectivity index (χ0n) is 15.9. The van der Waals surface area contributed by atoms with Gasteiger partial charge in [0.1, 0.15) is 0 Å². The van der Waals surface area contributed by atoms with Crippen LogP contribution in [0.25, 0.3) is 0 Å². The van der Waals surface area contributed by atoms with E-state index < -0.39 is 11.7 Å². The zero-order valence-corrected chi connectivity index (χ0v) is 18.2. The Morgan fingerprint density at radius 3 is 2.56 bits per heavy atom. The van der Waals surface area contributed by atoms with Crippen molar-refractivity contribution in [3.8, 4) is 0 Å². The van der Waals surface area contributed by atoms with Crippen LogP contribution in [-0.2, 0) is 16.3 Å². The van der Waals surface area contributed by atoms with Crippen LogP contribution in [-0.4, -0.2) is 39.3 Å². The van der Waals surface area contributed by atoms with Gasteiger partial charge in [-0.05, 0) is 44.2 Å². The highest BCUT2D eigenvalue weighted by Crippen LogP contribution is 2.48. The van der Waals surface area contributed by atoms with Crippen LogP contribution >= 0.6 is 24.0 Å². The minimum absolute atomic E-state index is 0. The molecular weight excluding hydrogens is 470 g/mol. The standard InChI is InChI=1S/C19H28F3N3O.HI/c1-3-26-12-5-4-11-24-17(23-2)25-14-18(9-10-18)15-7-6-8-16(13-15)19(20,21)22;/h6-8,13H,3-5,9-12,14H2,1-2H3,(H2,23,24,25);1H. The third-order valence-corrected chi connectivity index (χ3v) is 4.69. The highest BCUT2D eigenvalue weighted by molar-refractivity contribution is 14.0. The summed E-state index contributed by atoms with van der Waals surface area (Å²) >= 11 is 0. The van der Waals surface area contributed by atoms with Crippen LogP contribution in [0.15, 0.2) is 29.3 Å². The Balaban J connectivity index is 0.00000364. The van der Waals surface area contributed by atoms with Gasteiger partial charge in [0, 0.05) is 38.8 Å². The molecule has 2 rings (SSSR count). The molecule has 27 heavy (non-hydrogen) atoms. The van der Waals surface area contributed by atoms with E-state index in [2.05, 4.69) is 15.6 Å². The monoisotopic (exact) mass is 499 g/mol. The van der Waals surface area contributed by atoms with Gasteiger partial charge < -0.3 is 15.4 Å². The second-order valence-corrected chi connectivity index (χ2v) is 6.62. The molecule has 2 N–H and O–H groups in total. The van der Waals surface area contributed by atoms with Crippen molar-refractivity contribution < 1.29 is 17.9 Å². The molecule has 1 fully saturated rings. The number of aliphatic imine (C=N–C) groups is 1. The molecule has 1 aliphatic carbocycles. The molecule has 1 saturated carbocycles. The Hall–Kier alpha value is -1.03.